The van der Waals surface area contributed by atoms with Crippen LogP contribution in [0.4, 0.5) is 0 Å². The van der Waals surface area contributed by atoms with Gasteiger partial charge in [0.2, 0.25) is 5.91 Å². The van der Waals surface area contributed by atoms with Crippen LogP contribution in [0.25, 0.3) is 0 Å². The molecule has 4 aromatic carbocycles. The van der Waals surface area contributed by atoms with E-state index in [0.29, 0.717) is 31.7 Å². The minimum atomic E-state index is -1.14. The van der Waals surface area contributed by atoms with Gasteiger partial charge in [-0.3, -0.25) is 4.79 Å². The van der Waals surface area contributed by atoms with Gasteiger partial charge in [0.15, 0.2) is 0 Å². The Morgan fingerprint density at radius 2 is 1.34 bits per heavy atom. The summed E-state index contributed by atoms with van der Waals surface area (Å²) in [5, 5.41) is 12.7. The molecular weight excluding hydrogens is 510 g/mol. The number of amides is 1. The zero-order valence-electron chi connectivity index (χ0n) is 23.7. The highest BCUT2D eigenvalue weighted by Gasteiger charge is 2.61. The first-order chi connectivity index (χ1) is 20.0. The second kappa shape index (κ2) is 11.1. The van der Waals surface area contributed by atoms with E-state index in [9.17, 15) is 9.90 Å². The summed E-state index contributed by atoms with van der Waals surface area (Å²) >= 11 is 0. The van der Waals surface area contributed by atoms with Crippen LogP contribution in [0.3, 0.4) is 0 Å². The molecule has 2 aliphatic rings. The first kappa shape index (κ1) is 27.1. The van der Waals surface area contributed by atoms with Crippen LogP contribution < -0.4 is 9.47 Å². The standard InChI is InChI=1S/C36H37NO4/c1-40-29-19-17-26(18-20-29)23-34(38)37-24-31-32(25-37)36(39,30-15-9-10-16-33(30)41-2)22-21-35(31,27-11-5-3-6-12-27)28-13-7-4-8-14-28/h3-20,31-32,39H,21-25H2,1-2H3/t31-,32?,36?/m0/s1. The van der Waals surface area contributed by atoms with Crippen LogP contribution in [-0.2, 0) is 22.2 Å². The van der Waals surface area contributed by atoms with E-state index < -0.39 is 5.60 Å². The normalized spacial score (nSPS) is 23.0. The summed E-state index contributed by atoms with van der Waals surface area (Å²) in [6, 6.07) is 36.8. The number of likely N-dealkylation sites (tertiary alicyclic amines) is 1. The molecule has 1 saturated carbocycles. The van der Waals surface area contributed by atoms with E-state index in [4.69, 9.17) is 9.47 Å². The first-order valence-corrected chi connectivity index (χ1v) is 14.4. The minimum Gasteiger partial charge on any atom is -0.497 e. The molecule has 1 amide bonds. The molecule has 1 heterocycles. The summed E-state index contributed by atoms with van der Waals surface area (Å²) in [4.78, 5) is 15.8. The van der Waals surface area contributed by atoms with Gasteiger partial charge in [-0.1, -0.05) is 91.0 Å². The summed E-state index contributed by atoms with van der Waals surface area (Å²) in [7, 11) is 3.29. The summed E-state index contributed by atoms with van der Waals surface area (Å²) in [5.74, 6) is 1.33. The Balaban J connectivity index is 1.44. The molecule has 6 rings (SSSR count). The van der Waals surface area contributed by atoms with Crippen molar-refractivity contribution in [2.75, 3.05) is 27.3 Å². The third kappa shape index (κ3) is 4.68. The molecule has 1 saturated heterocycles. The van der Waals surface area contributed by atoms with Crippen LogP contribution >= 0.6 is 0 Å². The van der Waals surface area contributed by atoms with Gasteiger partial charge in [-0.05, 0) is 53.6 Å². The Morgan fingerprint density at radius 1 is 0.756 bits per heavy atom. The molecule has 41 heavy (non-hydrogen) atoms. The van der Waals surface area contributed by atoms with Crippen molar-refractivity contribution < 1.29 is 19.4 Å². The maximum absolute atomic E-state index is 13.9. The van der Waals surface area contributed by atoms with Gasteiger partial charge in [0, 0.05) is 30.0 Å². The molecule has 1 aliphatic carbocycles. The zero-order valence-corrected chi connectivity index (χ0v) is 23.7. The second-order valence-corrected chi connectivity index (χ2v) is 11.4. The number of para-hydroxylation sites is 1. The van der Waals surface area contributed by atoms with Gasteiger partial charge in [-0.15, -0.1) is 0 Å². The van der Waals surface area contributed by atoms with Crippen LogP contribution in [0.1, 0.15) is 35.1 Å². The van der Waals surface area contributed by atoms with Crippen molar-refractivity contribution in [3.63, 3.8) is 0 Å². The lowest BCUT2D eigenvalue weighted by molar-refractivity contribution is -0.130. The van der Waals surface area contributed by atoms with Gasteiger partial charge < -0.3 is 19.5 Å². The maximum Gasteiger partial charge on any atom is 0.227 e. The fourth-order valence-electron chi connectivity index (χ4n) is 7.47. The topological polar surface area (TPSA) is 59.0 Å². The molecule has 1 aliphatic heterocycles. The van der Waals surface area contributed by atoms with Crippen LogP contribution in [0.2, 0.25) is 0 Å². The molecule has 3 atom stereocenters. The number of hydrogen-bond donors (Lipinski definition) is 1. The van der Waals surface area contributed by atoms with Gasteiger partial charge >= 0.3 is 0 Å². The summed E-state index contributed by atoms with van der Waals surface area (Å²) in [6.45, 7) is 1.05. The number of rotatable bonds is 7. The van der Waals surface area contributed by atoms with E-state index in [2.05, 4.69) is 48.5 Å². The Kier molecular flexibility index (Phi) is 7.31. The molecule has 0 radical (unpaired) electrons. The predicted molar refractivity (Wildman–Crippen MR) is 160 cm³/mol. The third-order valence-corrected chi connectivity index (χ3v) is 9.49. The van der Waals surface area contributed by atoms with Gasteiger partial charge in [0.1, 0.15) is 11.5 Å². The lowest BCUT2D eigenvalue weighted by atomic mass is 9.52. The lowest BCUT2D eigenvalue weighted by Gasteiger charge is -2.53. The van der Waals surface area contributed by atoms with Crippen LogP contribution in [0.5, 0.6) is 11.5 Å². The number of hydrogen-bond acceptors (Lipinski definition) is 4. The fourth-order valence-corrected chi connectivity index (χ4v) is 7.47. The van der Waals surface area contributed by atoms with Crippen LogP contribution in [-0.4, -0.2) is 43.2 Å². The summed E-state index contributed by atoms with van der Waals surface area (Å²) in [5.41, 5.74) is 2.72. The van der Waals surface area contributed by atoms with Gasteiger partial charge in [0.05, 0.1) is 26.2 Å². The molecule has 2 fully saturated rings. The summed E-state index contributed by atoms with van der Waals surface area (Å²) < 4.78 is 11.1. The zero-order chi connectivity index (χ0) is 28.5. The SMILES string of the molecule is COc1ccc(CC(=O)N2CC3[C@H](C2)C(c2ccccc2)(c2ccccc2)CCC3(O)c2ccccc2OC)cc1. The molecule has 5 heteroatoms. The number of benzene rings is 4. The van der Waals surface area contributed by atoms with E-state index >= 15 is 0 Å². The molecular formula is C36H37NO4. The van der Waals surface area contributed by atoms with Crippen molar-refractivity contribution in [1.29, 1.82) is 0 Å². The second-order valence-electron chi connectivity index (χ2n) is 11.4. The molecule has 4 aromatic rings. The summed E-state index contributed by atoms with van der Waals surface area (Å²) in [6.07, 6.45) is 1.61. The van der Waals surface area contributed by atoms with Gasteiger partial charge in [0.25, 0.3) is 0 Å². The molecule has 0 aromatic heterocycles. The average molecular weight is 548 g/mol. The van der Waals surface area contributed by atoms with E-state index in [1.165, 1.54) is 11.1 Å². The average Bonchev–Trinajstić information content (AvgIpc) is 3.50. The molecule has 5 nitrogen and oxygen atoms in total. The molecule has 0 spiro atoms. The van der Waals surface area contributed by atoms with Gasteiger partial charge in [-0.2, -0.15) is 0 Å². The van der Waals surface area contributed by atoms with Crippen LogP contribution in [0.15, 0.2) is 109 Å². The number of aliphatic hydroxyl groups is 1. The Morgan fingerprint density at radius 3 is 1.95 bits per heavy atom. The van der Waals surface area contributed by atoms with Gasteiger partial charge in [-0.25, -0.2) is 0 Å². The van der Waals surface area contributed by atoms with Crippen molar-refractivity contribution in [2.24, 2.45) is 11.8 Å². The van der Waals surface area contributed by atoms with Crippen molar-refractivity contribution in [2.45, 2.75) is 30.3 Å². The Labute approximate surface area is 242 Å². The highest BCUT2D eigenvalue weighted by atomic mass is 16.5. The van der Waals surface area contributed by atoms with E-state index in [0.717, 1.165) is 23.3 Å². The highest BCUT2D eigenvalue weighted by Crippen LogP contribution is 2.60. The number of nitrogens with zero attached hydrogens (tertiary/aromatic N) is 1. The van der Waals surface area contributed by atoms with E-state index in [1.807, 2.05) is 65.6 Å². The highest BCUT2D eigenvalue weighted by molar-refractivity contribution is 5.79. The van der Waals surface area contributed by atoms with Crippen molar-refractivity contribution in [3.05, 3.63) is 131 Å². The predicted octanol–water partition coefficient (Wildman–Crippen LogP) is 5.99. The molecule has 1 N–H and O–H groups in total. The quantitative estimate of drug-likeness (QED) is 0.309. The number of carbonyl (C=O) groups excluding carboxylic acids is 1. The lowest BCUT2D eigenvalue weighted by Crippen LogP contribution is -2.53. The van der Waals surface area contributed by atoms with Crippen molar-refractivity contribution >= 4 is 5.91 Å². The van der Waals surface area contributed by atoms with Crippen LogP contribution in [0, 0.1) is 11.8 Å². The number of carbonyl (C=O) groups is 1. The number of ether oxygens (including phenoxy) is 2. The number of fused-ring (bicyclic) bond motifs is 1. The maximum atomic E-state index is 13.9. The monoisotopic (exact) mass is 547 g/mol. The first-order valence-electron chi connectivity index (χ1n) is 14.4. The smallest absolute Gasteiger partial charge is 0.227 e. The van der Waals surface area contributed by atoms with E-state index in [-0.39, 0.29) is 23.2 Å². The molecule has 0 bridgehead atoms. The Hall–Kier alpha value is -4.09. The van der Waals surface area contributed by atoms with Crippen molar-refractivity contribution in [3.8, 4) is 11.5 Å². The molecule has 210 valence electrons. The fraction of sp³-hybridized carbons (Fsp3) is 0.306. The Bertz CT molecular complexity index is 1450. The minimum absolute atomic E-state index is 0.00391. The number of methoxy groups -OCH3 is 2. The third-order valence-electron chi connectivity index (χ3n) is 9.49. The van der Waals surface area contributed by atoms with E-state index in [1.54, 1.807) is 14.2 Å². The largest absolute Gasteiger partial charge is 0.497 e. The molecule has 2 unspecified atom stereocenters. The van der Waals surface area contributed by atoms with Crippen molar-refractivity contribution in [1.82, 2.24) is 4.90 Å².